The van der Waals surface area contributed by atoms with Gasteiger partial charge in [0, 0.05) is 22.9 Å². The van der Waals surface area contributed by atoms with Gasteiger partial charge in [0.25, 0.3) is 5.91 Å². The lowest BCUT2D eigenvalue weighted by Gasteiger charge is -2.12. The van der Waals surface area contributed by atoms with Gasteiger partial charge in [0.1, 0.15) is 5.75 Å². The number of hydrogen-bond acceptors (Lipinski definition) is 7. The minimum absolute atomic E-state index is 0.0661. The lowest BCUT2D eigenvalue weighted by Crippen LogP contribution is -2.23. The first kappa shape index (κ1) is 21.0. The molecule has 0 spiro atoms. The van der Waals surface area contributed by atoms with E-state index >= 15 is 0 Å². The molecule has 1 amide bonds. The largest absolute Gasteiger partial charge is 0.496 e. The maximum Gasteiger partial charge on any atom is 0.251 e. The molecule has 2 aromatic rings. The van der Waals surface area contributed by atoms with Gasteiger partial charge in [-0.1, -0.05) is 41.6 Å². The van der Waals surface area contributed by atoms with Crippen LogP contribution in [0.15, 0.2) is 47.5 Å². The van der Waals surface area contributed by atoms with Crippen molar-refractivity contribution < 1.29 is 17.9 Å². The normalized spacial score (nSPS) is 21.6. The Kier molecular flexibility index (Phi) is 5.95. The van der Waals surface area contributed by atoms with Gasteiger partial charge in [0.05, 0.1) is 35.4 Å². The molecular weight excluding hydrogens is 446 g/mol. The summed E-state index contributed by atoms with van der Waals surface area (Å²) < 4.78 is 28.7. The zero-order valence-corrected chi connectivity index (χ0v) is 18.5. The number of thioether (sulfide) groups is 1. The zero-order chi connectivity index (χ0) is 21.3. The number of aliphatic imine (C=N–C) groups is 1. The van der Waals surface area contributed by atoms with Crippen molar-refractivity contribution in [3.63, 3.8) is 0 Å². The minimum atomic E-state index is -3.01. The van der Waals surface area contributed by atoms with E-state index in [2.05, 4.69) is 15.6 Å². The number of benzene rings is 2. The number of nitrogens with one attached hydrogen (secondary N) is 2. The van der Waals surface area contributed by atoms with Gasteiger partial charge >= 0.3 is 0 Å². The third-order valence-corrected chi connectivity index (χ3v) is 8.39. The van der Waals surface area contributed by atoms with Crippen LogP contribution >= 0.6 is 23.4 Å². The first-order chi connectivity index (χ1) is 14.3. The molecular formula is C20H20ClN3O4S2. The van der Waals surface area contributed by atoms with Crippen LogP contribution in [0.2, 0.25) is 5.02 Å². The van der Waals surface area contributed by atoms with Crippen molar-refractivity contribution in [3.8, 4) is 5.75 Å². The number of methoxy groups -OCH3 is 1. The van der Waals surface area contributed by atoms with Crippen LogP contribution in [0.25, 0.3) is 0 Å². The van der Waals surface area contributed by atoms with Crippen molar-refractivity contribution in [2.45, 2.75) is 17.8 Å². The molecule has 10 heteroatoms. The monoisotopic (exact) mass is 465 g/mol. The van der Waals surface area contributed by atoms with Gasteiger partial charge in [0.15, 0.2) is 15.0 Å². The molecule has 0 saturated carbocycles. The second kappa shape index (κ2) is 8.49. The number of carbonyl (C=O) groups excluding carboxylic acids is 1. The first-order valence-electron chi connectivity index (χ1n) is 9.26. The average Bonchev–Trinajstić information content (AvgIpc) is 3.20. The Morgan fingerprint density at radius 1 is 1.27 bits per heavy atom. The van der Waals surface area contributed by atoms with Crippen molar-refractivity contribution in [2.75, 3.05) is 23.9 Å². The number of carbonyl (C=O) groups is 1. The summed E-state index contributed by atoms with van der Waals surface area (Å²) in [4.78, 5) is 17.1. The Morgan fingerprint density at radius 2 is 2.07 bits per heavy atom. The quantitative estimate of drug-likeness (QED) is 0.704. The highest BCUT2D eigenvalue weighted by Gasteiger charge is 2.42. The van der Waals surface area contributed by atoms with E-state index in [1.807, 2.05) is 24.3 Å². The second-order valence-corrected chi connectivity index (χ2v) is 10.8. The molecule has 2 aliphatic heterocycles. The molecule has 0 aliphatic carbocycles. The third-order valence-electron chi connectivity index (χ3n) is 4.92. The molecule has 7 nitrogen and oxygen atoms in total. The Bertz CT molecular complexity index is 1120. The van der Waals surface area contributed by atoms with E-state index in [4.69, 9.17) is 16.3 Å². The van der Waals surface area contributed by atoms with E-state index < -0.39 is 9.84 Å². The van der Waals surface area contributed by atoms with Gasteiger partial charge < -0.3 is 15.4 Å². The van der Waals surface area contributed by atoms with Gasteiger partial charge in [0.2, 0.25) is 0 Å². The maximum atomic E-state index is 12.6. The third kappa shape index (κ3) is 4.58. The van der Waals surface area contributed by atoms with Crippen molar-refractivity contribution in [3.05, 3.63) is 58.6 Å². The number of amidine groups is 1. The Balaban J connectivity index is 1.44. The van der Waals surface area contributed by atoms with Crippen LogP contribution in [0.5, 0.6) is 5.75 Å². The second-order valence-electron chi connectivity index (χ2n) is 7.05. The molecule has 158 valence electrons. The summed E-state index contributed by atoms with van der Waals surface area (Å²) >= 11 is 7.69. The van der Waals surface area contributed by atoms with Crippen molar-refractivity contribution >= 4 is 50.0 Å². The van der Waals surface area contributed by atoms with E-state index in [-0.39, 0.29) is 28.7 Å². The molecule has 2 heterocycles. The van der Waals surface area contributed by atoms with Crippen molar-refractivity contribution in [1.82, 2.24) is 5.32 Å². The van der Waals surface area contributed by atoms with E-state index in [0.717, 1.165) is 5.56 Å². The predicted octanol–water partition coefficient (Wildman–Crippen LogP) is 2.96. The van der Waals surface area contributed by atoms with Crippen LogP contribution in [-0.4, -0.2) is 49.4 Å². The Labute approximate surface area is 184 Å². The predicted molar refractivity (Wildman–Crippen MR) is 120 cm³/mol. The fourth-order valence-electron chi connectivity index (χ4n) is 3.42. The minimum Gasteiger partial charge on any atom is -0.496 e. The molecule has 2 N–H and O–H groups in total. The standard InChI is InChI=1S/C20H20ClN3O4S2/c1-28-17-5-3-2-4-13(17)9-22-19(25)12-6-7-14(21)15(8-12)23-20-24-16-10-30(26,27)11-18(16)29-20/h2-8,16,18H,9-11H2,1H3,(H,22,25)(H,23,24)/t16-,18-/m0/s1. The summed E-state index contributed by atoms with van der Waals surface area (Å²) in [6.07, 6.45) is 0. The molecule has 0 bridgehead atoms. The maximum absolute atomic E-state index is 12.6. The highest BCUT2D eigenvalue weighted by molar-refractivity contribution is 8.15. The van der Waals surface area contributed by atoms with E-state index in [1.165, 1.54) is 11.8 Å². The Hall–Kier alpha value is -2.23. The lowest BCUT2D eigenvalue weighted by molar-refractivity contribution is 0.0950. The highest BCUT2D eigenvalue weighted by atomic mass is 35.5. The van der Waals surface area contributed by atoms with Crippen LogP contribution in [-0.2, 0) is 16.4 Å². The zero-order valence-electron chi connectivity index (χ0n) is 16.1. The number of nitrogens with zero attached hydrogens (tertiary/aromatic N) is 1. The fourth-order valence-corrected chi connectivity index (χ4v) is 7.25. The fraction of sp³-hybridized carbons (Fsp3) is 0.300. The number of rotatable bonds is 5. The molecule has 30 heavy (non-hydrogen) atoms. The average molecular weight is 466 g/mol. The molecule has 4 rings (SSSR count). The molecule has 2 atom stereocenters. The van der Waals surface area contributed by atoms with Crippen LogP contribution in [0.3, 0.4) is 0 Å². The van der Waals surface area contributed by atoms with Gasteiger partial charge in [-0.15, -0.1) is 0 Å². The number of para-hydroxylation sites is 1. The summed E-state index contributed by atoms with van der Waals surface area (Å²) in [6, 6.07) is 12.2. The number of sulfone groups is 1. The summed E-state index contributed by atoms with van der Waals surface area (Å²) in [7, 11) is -1.42. The summed E-state index contributed by atoms with van der Waals surface area (Å²) in [5, 5.41) is 7.02. The summed E-state index contributed by atoms with van der Waals surface area (Å²) in [6.45, 7) is 0.328. The van der Waals surface area contributed by atoms with Gasteiger partial charge in [-0.25, -0.2) is 8.42 Å². The molecule has 0 radical (unpaired) electrons. The molecule has 1 fully saturated rings. The lowest BCUT2D eigenvalue weighted by atomic mass is 10.1. The van der Waals surface area contributed by atoms with Crippen LogP contribution in [0, 0.1) is 0 Å². The number of anilines is 1. The molecule has 2 aliphatic rings. The number of fused-ring (bicyclic) bond motifs is 1. The first-order valence-corrected chi connectivity index (χ1v) is 12.3. The topological polar surface area (TPSA) is 96.9 Å². The SMILES string of the molecule is COc1ccccc1CNC(=O)c1ccc(Cl)c(NC2=N[C@H]3CS(=O)(=O)C[C@@H]3S2)c1. The van der Waals surface area contributed by atoms with Crippen molar-refractivity contribution in [2.24, 2.45) is 4.99 Å². The smallest absolute Gasteiger partial charge is 0.251 e. The molecule has 1 saturated heterocycles. The van der Waals surface area contributed by atoms with E-state index in [0.29, 0.717) is 33.7 Å². The van der Waals surface area contributed by atoms with Gasteiger partial charge in [-0.05, 0) is 24.3 Å². The molecule has 2 aromatic carbocycles. The van der Waals surface area contributed by atoms with E-state index in [1.54, 1.807) is 25.3 Å². The van der Waals surface area contributed by atoms with Gasteiger partial charge in [-0.3, -0.25) is 9.79 Å². The summed E-state index contributed by atoms with van der Waals surface area (Å²) in [5.41, 5.74) is 1.87. The molecule has 0 unspecified atom stereocenters. The number of amides is 1. The summed E-state index contributed by atoms with van der Waals surface area (Å²) in [5.74, 6) is 0.676. The van der Waals surface area contributed by atoms with Crippen LogP contribution in [0.4, 0.5) is 5.69 Å². The van der Waals surface area contributed by atoms with Crippen LogP contribution < -0.4 is 15.4 Å². The highest BCUT2D eigenvalue weighted by Crippen LogP contribution is 2.35. The van der Waals surface area contributed by atoms with Crippen molar-refractivity contribution in [1.29, 1.82) is 0 Å². The molecule has 0 aromatic heterocycles. The number of halogens is 1. The van der Waals surface area contributed by atoms with Gasteiger partial charge in [-0.2, -0.15) is 0 Å². The number of ether oxygens (including phenoxy) is 1. The Morgan fingerprint density at radius 3 is 2.83 bits per heavy atom. The van der Waals surface area contributed by atoms with Crippen LogP contribution in [0.1, 0.15) is 15.9 Å². The number of hydrogen-bond donors (Lipinski definition) is 2. The van der Waals surface area contributed by atoms with E-state index in [9.17, 15) is 13.2 Å².